The van der Waals surface area contributed by atoms with Gasteiger partial charge in [0.2, 0.25) is 0 Å². The van der Waals surface area contributed by atoms with Gasteiger partial charge in [-0.3, -0.25) is 14.7 Å². The number of carbonyl (C=O) groups excluding carboxylic acids is 1. The van der Waals surface area contributed by atoms with E-state index in [0.717, 1.165) is 11.2 Å². The van der Waals surface area contributed by atoms with Crippen molar-refractivity contribution in [3.05, 3.63) is 35.9 Å². The van der Waals surface area contributed by atoms with Gasteiger partial charge in [0.25, 0.3) is 5.91 Å². The Bertz CT molecular complexity index is 1100. The molecular weight excluding hydrogens is 418 g/mol. The molecule has 9 nitrogen and oxygen atoms in total. The molecule has 1 amide bonds. The number of hydrogen-bond acceptors (Lipinski definition) is 7. The topological polar surface area (TPSA) is 107 Å². The maximum absolute atomic E-state index is 13.3. The lowest BCUT2D eigenvalue weighted by molar-refractivity contribution is -0.112. The SMILES string of the molecule is C#CCN(C(=O)C(=NOC)C1(S(C)(=O)=O)CC1)c1cn(-c2cccnc2)nc1Cl. The number of anilines is 1. The van der Waals surface area contributed by atoms with Crippen LogP contribution in [-0.4, -0.2) is 59.5 Å². The van der Waals surface area contributed by atoms with Crippen LogP contribution >= 0.6 is 11.6 Å². The van der Waals surface area contributed by atoms with Crippen LogP contribution in [0.25, 0.3) is 5.69 Å². The second kappa shape index (κ2) is 7.85. The molecule has 1 fully saturated rings. The zero-order chi connectivity index (χ0) is 21.2. The van der Waals surface area contributed by atoms with Crippen LogP contribution in [0.15, 0.2) is 35.9 Å². The molecule has 0 N–H and O–H groups in total. The smallest absolute Gasteiger partial charge is 0.278 e. The van der Waals surface area contributed by atoms with Crippen molar-refractivity contribution >= 4 is 38.7 Å². The van der Waals surface area contributed by atoms with E-state index in [9.17, 15) is 13.2 Å². The molecule has 1 saturated carbocycles. The van der Waals surface area contributed by atoms with Gasteiger partial charge in [-0.05, 0) is 25.0 Å². The summed E-state index contributed by atoms with van der Waals surface area (Å²) in [5, 5.41) is 7.95. The third kappa shape index (κ3) is 3.83. The third-order valence-electron chi connectivity index (χ3n) is 4.58. The fourth-order valence-electron chi connectivity index (χ4n) is 2.94. The van der Waals surface area contributed by atoms with Gasteiger partial charge in [-0.2, -0.15) is 5.10 Å². The van der Waals surface area contributed by atoms with Crippen molar-refractivity contribution in [3.63, 3.8) is 0 Å². The minimum absolute atomic E-state index is 0.0124. The highest BCUT2D eigenvalue weighted by molar-refractivity contribution is 7.93. The van der Waals surface area contributed by atoms with Gasteiger partial charge in [0, 0.05) is 12.5 Å². The van der Waals surface area contributed by atoms with E-state index in [1.807, 2.05) is 0 Å². The maximum atomic E-state index is 13.3. The summed E-state index contributed by atoms with van der Waals surface area (Å²) in [4.78, 5) is 23.3. The molecule has 0 aromatic carbocycles. The van der Waals surface area contributed by atoms with Gasteiger partial charge in [-0.1, -0.05) is 22.7 Å². The standard InChI is InChI=1S/C18H18ClN5O4S/c1-4-10-23(14-12-24(21-16(14)19)13-6-5-9-20-11-13)17(25)15(22-28-2)18(7-8-18)29(3,26)27/h1,5-6,9,11-12H,7-8,10H2,2-3H3. The molecule has 1 aliphatic rings. The van der Waals surface area contributed by atoms with Crippen molar-refractivity contribution in [2.75, 3.05) is 24.8 Å². The number of amides is 1. The predicted octanol–water partition coefficient (Wildman–Crippen LogP) is 1.47. The molecule has 1 aliphatic carbocycles. The second-order valence-corrected chi connectivity index (χ2v) is 9.13. The van der Waals surface area contributed by atoms with Crippen LogP contribution in [0.1, 0.15) is 12.8 Å². The highest BCUT2D eigenvalue weighted by atomic mass is 35.5. The average Bonchev–Trinajstić information content (AvgIpc) is 3.42. The van der Waals surface area contributed by atoms with Gasteiger partial charge in [0.15, 0.2) is 20.7 Å². The fraction of sp³-hybridized carbons (Fsp3) is 0.333. The lowest BCUT2D eigenvalue weighted by atomic mass is 10.2. The Balaban J connectivity index is 2.04. The van der Waals surface area contributed by atoms with Gasteiger partial charge in [-0.15, -0.1) is 6.42 Å². The number of sulfone groups is 1. The molecule has 0 saturated heterocycles. The van der Waals surface area contributed by atoms with Gasteiger partial charge in [0.1, 0.15) is 17.5 Å². The van der Waals surface area contributed by atoms with Crippen LogP contribution in [0, 0.1) is 12.3 Å². The van der Waals surface area contributed by atoms with Crippen molar-refractivity contribution < 1.29 is 18.0 Å². The zero-order valence-electron chi connectivity index (χ0n) is 15.7. The molecule has 152 valence electrons. The Kier molecular flexibility index (Phi) is 5.64. The third-order valence-corrected chi connectivity index (χ3v) is 6.87. The normalized spacial score (nSPS) is 15.4. The number of oxime groups is 1. The van der Waals surface area contributed by atoms with Crippen LogP contribution < -0.4 is 4.90 Å². The summed E-state index contributed by atoms with van der Waals surface area (Å²) in [7, 11) is -2.37. The first-order chi connectivity index (χ1) is 13.7. The minimum atomic E-state index is -3.61. The van der Waals surface area contributed by atoms with Gasteiger partial charge >= 0.3 is 0 Å². The first kappa shape index (κ1) is 20.8. The molecule has 0 unspecified atom stereocenters. The Morgan fingerprint density at radius 1 is 1.52 bits per heavy atom. The molecule has 3 rings (SSSR count). The van der Waals surface area contributed by atoms with Gasteiger partial charge in [-0.25, -0.2) is 13.1 Å². The highest BCUT2D eigenvalue weighted by Crippen LogP contribution is 2.45. The van der Waals surface area contributed by atoms with Gasteiger partial charge in [0.05, 0.1) is 24.6 Å². The molecule has 2 heterocycles. The van der Waals surface area contributed by atoms with E-state index in [1.165, 1.54) is 18.0 Å². The predicted molar refractivity (Wildman–Crippen MR) is 109 cm³/mol. The summed E-state index contributed by atoms with van der Waals surface area (Å²) in [6, 6.07) is 3.48. The Hall–Kier alpha value is -2.90. The van der Waals surface area contributed by atoms with Crippen molar-refractivity contribution in [1.29, 1.82) is 0 Å². The van der Waals surface area contributed by atoms with Crippen LogP contribution in [0.3, 0.4) is 0 Å². The first-order valence-corrected chi connectivity index (χ1v) is 10.7. The fourth-order valence-corrected chi connectivity index (χ4v) is 4.49. The van der Waals surface area contributed by atoms with Crippen LogP contribution in [0.4, 0.5) is 5.69 Å². The Labute approximate surface area is 173 Å². The van der Waals surface area contributed by atoms with E-state index in [1.54, 1.807) is 24.5 Å². The highest BCUT2D eigenvalue weighted by Gasteiger charge is 2.60. The van der Waals surface area contributed by atoms with E-state index in [2.05, 4.69) is 21.2 Å². The summed E-state index contributed by atoms with van der Waals surface area (Å²) >= 11 is 6.27. The largest absolute Gasteiger partial charge is 0.399 e. The van der Waals surface area contributed by atoms with Crippen molar-refractivity contribution in [2.24, 2.45) is 5.16 Å². The average molecular weight is 436 g/mol. The minimum Gasteiger partial charge on any atom is -0.399 e. The number of hydrogen-bond donors (Lipinski definition) is 0. The van der Waals surface area contributed by atoms with E-state index in [0.29, 0.717) is 5.69 Å². The lowest BCUT2D eigenvalue weighted by Gasteiger charge is -2.23. The number of terminal acetylenes is 1. The van der Waals surface area contributed by atoms with E-state index in [-0.39, 0.29) is 35.9 Å². The first-order valence-electron chi connectivity index (χ1n) is 8.47. The van der Waals surface area contributed by atoms with Crippen LogP contribution in [-0.2, 0) is 19.5 Å². The summed E-state index contributed by atoms with van der Waals surface area (Å²) in [6.45, 7) is -0.167. The van der Waals surface area contributed by atoms with Crippen molar-refractivity contribution in [1.82, 2.24) is 14.8 Å². The number of pyridine rings is 1. The molecule has 0 aliphatic heterocycles. The summed E-state index contributed by atoms with van der Waals surface area (Å²) < 4.78 is 24.7. The van der Waals surface area contributed by atoms with Crippen LogP contribution in [0.2, 0.25) is 5.15 Å². The number of halogens is 1. The van der Waals surface area contributed by atoms with E-state index < -0.39 is 20.5 Å². The summed E-state index contributed by atoms with van der Waals surface area (Å²) in [5.41, 5.74) is 0.601. The van der Waals surface area contributed by atoms with E-state index >= 15 is 0 Å². The quantitative estimate of drug-likeness (QED) is 0.370. The zero-order valence-corrected chi connectivity index (χ0v) is 17.3. The molecule has 29 heavy (non-hydrogen) atoms. The Morgan fingerprint density at radius 3 is 2.76 bits per heavy atom. The molecule has 0 radical (unpaired) electrons. The second-order valence-electron chi connectivity index (χ2n) is 6.45. The number of rotatable bonds is 7. The molecule has 2 aromatic heterocycles. The summed E-state index contributed by atoms with van der Waals surface area (Å²) in [6.07, 6.45) is 11.7. The molecule has 0 bridgehead atoms. The van der Waals surface area contributed by atoms with Crippen molar-refractivity contribution in [3.8, 4) is 18.0 Å². The monoisotopic (exact) mass is 435 g/mol. The lowest BCUT2D eigenvalue weighted by Crippen LogP contribution is -2.46. The van der Waals surface area contributed by atoms with Gasteiger partial charge < -0.3 is 4.84 Å². The number of nitrogens with zero attached hydrogens (tertiary/aromatic N) is 5. The molecule has 0 atom stereocenters. The number of aromatic nitrogens is 3. The number of carbonyl (C=O) groups is 1. The molecule has 2 aromatic rings. The molecular formula is C18H18ClN5O4S. The molecule has 0 spiro atoms. The summed E-state index contributed by atoms with van der Waals surface area (Å²) in [5.74, 6) is 1.67. The molecule has 11 heteroatoms. The van der Waals surface area contributed by atoms with E-state index in [4.69, 9.17) is 22.9 Å². The van der Waals surface area contributed by atoms with Crippen molar-refractivity contribution in [2.45, 2.75) is 17.6 Å². The maximum Gasteiger partial charge on any atom is 0.278 e. The van der Waals surface area contributed by atoms with Crippen LogP contribution in [0.5, 0.6) is 0 Å². The Morgan fingerprint density at radius 2 is 2.24 bits per heavy atom.